The Bertz CT molecular complexity index is 450. The van der Waals surface area contributed by atoms with Crippen molar-refractivity contribution in [3.05, 3.63) is 35.9 Å². The first-order chi connectivity index (χ1) is 12.4. The molecule has 2 rings (SSSR count). The number of carbonyl (C=O) groups excluding carboxylic acids is 2. The van der Waals surface area contributed by atoms with Crippen molar-refractivity contribution in [1.82, 2.24) is 4.90 Å². The molecule has 6 nitrogen and oxygen atoms in total. The highest BCUT2D eigenvalue weighted by atomic mass is 16.5. The molecule has 1 heterocycles. The predicted octanol–water partition coefficient (Wildman–Crippen LogP) is 2.21. The zero-order valence-electron chi connectivity index (χ0n) is 17.0. The lowest BCUT2D eigenvalue weighted by Crippen LogP contribution is -2.34. The second-order valence-corrected chi connectivity index (χ2v) is 6.37. The van der Waals surface area contributed by atoms with Gasteiger partial charge in [-0.1, -0.05) is 51.1 Å². The summed E-state index contributed by atoms with van der Waals surface area (Å²) < 4.78 is 5.30. The Morgan fingerprint density at radius 3 is 2.15 bits per heavy atom. The van der Waals surface area contributed by atoms with Crippen LogP contribution in [0.15, 0.2) is 30.3 Å². The lowest BCUT2D eigenvalue weighted by Gasteiger charge is -2.17. The van der Waals surface area contributed by atoms with E-state index < -0.39 is 0 Å². The predicted molar refractivity (Wildman–Crippen MR) is 108 cm³/mol. The topological polar surface area (TPSA) is 98.7 Å². The van der Waals surface area contributed by atoms with E-state index in [1.807, 2.05) is 37.4 Å². The van der Waals surface area contributed by atoms with Crippen LogP contribution in [0.1, 0.15) is 39.2 Å². The molecule has 1 unspecified atom stereocenters. The van der Waals surface area contributed by atoms with Crippen molar-refractivity contribution in [2.45, 2.75) is 46.3 Å². The van der Waals surface area contributed by atoms with Crippen LogP contribution in [-0.2, 0) is 20.9 Å². The lowest BCUT2D eigenvalue weighted by molar-refractivity contribution is -0.149. The van der Waals surface area contributed by atoms with Gasteiger partial charge in [0.1, 0.15) is 18.9 Å². The molecule has 150 valence electrons. The Morgan fingerprint density at radius 2 is 1.77 bits per heavy atom. The first-order valence-corrected chi connectivity index (χ1v) is 9.04. The fourth-order valence-electron chi connectivity index (χ4n) is 2.03. The number of hydrogen-bond donors (Lipinski definition) is 2. The van der Waals surface area contributed by atoms with Crippen LogP contribution >= 0.6 is 0 Å². The summed E-state index contributed by atoms with van der Waals surface area (Å²) in [6, 6.07) is 9.74. The van der Waals surface area contributed by atoms with E-state index >= 15 is 0 Å². The molecule has 1 saturated heterocycles. The van der Waals surface area contributed by atoms with Crippen LogP contribution in [0.3, 0.4) is 0 Å². The number of nitrogens with two attached hydrogens (primary N) is 2. The summed E-state index contributed by atoms with van der Waals surface area (Å²) in [5.41, 5.74) is 10.2. The van der Waals surface area contributed by atoms with Gasteiger partial charge in [-0.2, -0.15) is 0 Å². The van der Waals surface area contributed by atoms with Crippen LogP contribution in [0, 0.1) is 5.92 Å². The second-order valence-electron chi connectivity index (χ2n) is 6.37. The summed E-state index contributed by atoms with van der Waals surface area (Å²) in [5.74, 6) is 0.740. The van der Waals surface area contributed by atoms with Gasteiger partial charge in [-0.15, -0.1) is 0 Å². The molecule has 4 N–H and O–H groups in total. The number of likely N-dealkylation sites (N-methyl/N-ethyl adjacent to an activating group) is 1. The van der Waals surface area contributed by atoms with Crippen LogP contribution < -0.4 is 11.5 Å². The van der Waals surface area contributed by atoms with Gasteiger partial charge < -0.3 is 21.0 Å². The number of esters is 1. The summed E-state index contributed by atoms with van der Waals surface area (Å²) in [6.45, 7) is 8.01. The molecular weight excluding hydrogens is 330 g/mol. The third kappa shape index (κ3) is 14.6. The number of nitrogens with zero attached hydrogens (tertiary/aromatic N) is 1. The van der Waals surface area contributed by atoms with E-state index in [1.165, 1.54) is 7.05 Å². The number of aldehydes is 1. The van der Waals surface area contributed by atoms with E-state index in [0.29, 0.717) is 12.9 Å². The number of ether oxygens (including phenoxy) is 1. The van der Waals surface area contributed by atoms with Crippen molar-refractivity contribution in [1.29, 1.82) is 0 Å². The van der Waals surface area contributed by atoms with E-state index in [0.717, 1.165) is 30.9 Å². The smallest absolute Gasteiger partial charge is 0.323 e. The van der Waals surface area contributed by atoms with E-state index in [1.54, 1.807) is 0 Å². The zero-order valence-corrected chi connectivity index (χ0v) is 17.0. The molecule has 0 spiro atoms. The molecular formula is C20H37N3O3. The van der Waals surface area contributed by atoms with Crippen molar-refractivity contribution in [2.75, 3.05) is 27.2 Å². The molecule has 1 aliphatic rings. The van der Waals surface area contributed by atoms with Crippen LogP contribution in [0.5, 0.6) is 0 Å². The van der Waals surface area contributed by atoms with E-state index in [4.69, 9.17) is 9.53 Å². The Labute approximate surface area is 158 Å². The molecule has 1 aromatic rings. The molecule has 1 aromatic carbocycles. The maximum absolute atomic E-state index is 11.8. The molecule has 1 aliphatic heterocycles. The van der Waals surface area contributed by atoms with Gasteiger partial charge in [-0.3, -0.25) is 9.69 Å². The zero-order chi connectivity index (χ0) is 20.4. The highest BCUT2D eigenvalue weighted by Gasteiger charge is 2.28. The summed E-state index contributed by atoms with van der Waals surface area (Å²) >= 11 is 0. The quantitative estimate of drug-likeness (QED) is 0.625. The van der Waals surface area contributed by atoms with Crippen molar-refractivity contribution >= 4 is 12.3 Å². The van der Waals surface area contributed by atoms with Gasteiger partial charge in [0.15, 0.2) is 0 Å². The van der Waals surface area contributed by atoms with Crippen molar-refractivity contribution in [3.63, 3.8) is 0 Å². The second kappa shape index (κ2) is 18.0. The van der Waals surface area contributed by atoms with Crippen LogP contribution in [0.4, 0.5) is 0 Å². The van der Waals surface area contributed by atoms with Gasteiger partial charge >= 0.3 is 5.97 Å². The fourth-order valence-corrected chi connectivity index (χ4v) is 2.03. The number of rotatable bonds is 4. The van der Waals surface area contributed by atoms with Gasteiger partial charge in [0.05, 0.1) is 0 Å². The minimum Gasteiger partial charge on any atom is -0.460 e. The summed E-state index contributed by atoms with van der Waals surface area (Å²) in [6.07, 6.45) is 2.66. The molecule has 0 aliphatic carbocycles. The van der Waals surface area contributed by atoms with E-state index in [2.05, 4.69) is 37.1 Å². The Morgan fingerprint density at radius 1 is 1.27 bits per heavy atom. The number of hydrogen-bond acceptors (Lipinski definition) is 6. The van der Waals surface area contributed by atoms with Crippen LogP contribution in [0.25, 0.3) is 0 Å². The first-order valence-electron chi connectivity index (χ1n) is 9.04. The SMILES string of the molecule is CC(C)C.CN.CN1CCCC1C(=O)OCc1ccccc1.NCC=O. The van der Waals surface area contributed by atoms with Crippen molar-refractivity contribution in [2.24, 2.45) is 17.4 Å². The van der Waals surface area contributed by atoms with E-state index in [9.17, 15) is 4.79 Å². The van der Waals surface area contributed by atoms with Gasteiger partial charge in [0.2, 0.25) is 0 Å². The average molecular weight is 368 g/mol. The molecule has 0 bridgehead atoms. The van der Waals surface area contributed by atoms with Gasteiger partial charge in [0.25, 0.3) is 0 Å². The maximum atomic E-state index is 11.8. The largest absolute Gasteiger partial charge is 0.460 e. The van der Waals surface area contributed by atoms with Crippen molar-refractivity contribution in [3.8, 4) is 0 Å². The third-order valence-corrected chi connectivity index (χ3v) is 3.11. The molecule has 26 heavy (non-hydrogen) atoms. The Kier molecular flexibility index (Phi) is 18.4. The molecule has 0 saturated carbocycles. The fraction of sp³-hybridized carbons (Fsp3) is 0.600. The molecule has 6 heteroatoms. The highest BCUT2D eigenvalue weighted by Crippen LogP contribution is 2.16. The van der Waals surface area contributed by atoms with Gasteiger partial charge in [0, 0.05) is 6.54 Å². The van der Waals surface area contributed by atoms with Crippen LogP contribution in [0.2, 0.25) is 0 Å². The minimum absolute atomic E-state index is 0.0382. The van der Waals surface area contributed by atoms with Crippen molar-refractivity contribution < 1.29 is 14.3 Å². The summed E-state index contributed by atoms with van der Waals surface area (Å²) in [7, 11) is 3.47. The molecule has 0 radical (unpaired) electrons. The molecule has 1 fully saturated rings. The Balaban J connectivity index is 0. The standard InChI is InChI=1S/C13H17NO2.C4H10.C2H5NO.CH5N/c1-14-9-5-8-12(14)13(15)16-10-11-6-3-2-4-7-11;1-4(2)3;3-1-2-4;1-2/h2-4,6-7,12H,5,8-10H2,1H3;4H,1-3H3;2H,1,3H2;2H2,1H3. The maximum Gasteiger partial charge on any atom is 0.323 e. The normalized spacial score (nSPS) is 15.5. The summed E-state index contributed by atoms with van der Waals surface area (Å²) in [5, 5.41) is 0. The molecule has 1 atom stereocenters. The van der Waals surface area contributed by atoms with Gasteiger partial charge in [-0.05, 0) is 45.0 Å². The monoisotopic (exact) mass is 367 g/mol. The number of benzene rings is 1. The van der Waals surface area contributed by atoms with E-state index in [-0.39, 0.29) is 18.6 Å². The number of carbonyl (C=O) groups is 2. The minimum atomic E-state index is -0.0937. The van der Waals surface area contributed by atoms with Crippen LogP contribution in [-0.4, -0.2) is 50.4 Å². The first kappa shape index (κ1) is 26.5. The lowest BCUT2D eigenvalue weighted by atomic mass is 10.2. The van der Waals surface area contributed by atoms with Gasteiger partial charge in [-0.25, -0.2) is 0 Å². The molecule has 0 aromatic heterocycles. The highest BCUT2D eigenvalue weighted by molar-refractivity contribution is 5.76. The average Bonchev–Trinajstić information content (AvgIpc) is 3.08. The Hall–Kier alpha value is -1.76. The third-order valence-electron chi connectivity index (χ3n) is 3.11. The molecule has 0 amide bonds. The summed E-state index contributed by atoms with van der Waals surface area (Å²) in [4.78, 5) is 22.9. The number of likely N-dealkylation sites (tertiary alicyclic amines) is 1.